The Bertz CT molecular complexity index is 1320. The van der Waals surface area contributed by atoms with Crippen molar-refractivity contribution in [2.75, 3.05) is 4.72 Å². The molecule has 3 N–H and O–H groups in total. The lowest BCUT2D eigenvalue weighted by molar-refractivity contribution is 0.0936. The molecule has 0 aliphatic carbocycles. The van der Waals surface area contributed by atoms with E-state index in [-0.39, 0.29) is 29.3 Å². The van der Waals surface area contributed by atoms with Gasteiger partial charge < -0.3 is 10.6 Å². The molecular formula is C27H31N3O4S. The average molecular weight is 494 g/mol. The number of benzene rings is 3. The first kappa shape index (κ1) is 26.0. The number of hydrogen-bond donors (Lipinski definition) is 3. The van der Waals surface area contributed by atoms with Crippen molar-refractivity contribution in [3.05, 3.63) is 94.5 Å². The van der Waals surface area contributed by atoms with Gasteiger partial charge in [-0.3, -0.25) is 14.3 Å². The Kier molecular flexibility index (Phi) is 8.30. The summed E-state index contributed by atoms with van der Waals surface area (Å²) in [6.45, 7) is 7.95. The van der Waals surface area contributed by atoms with Gasteiger partial charge in [0.05, 0.1) is 10.6 Å². The number of carbonyl (C=O) groups is 2. The van der Waals surface area contributed by atoms with Crippen molar-refractivity contribution in [2.45, 2.75) is 51.6 Å². The molecule has 3 aromatic carbocycles. The average Bonchev–Trinajstić information content (AvgIpc) is 2.85. The van der Waals surface area contributed by atoms with E-state index in [2.05, 4.69) is 15.4 Å². The highest BCUT2D eigenvalue weighted by Crippen LogP contribution is 2.22. The lowest BCUT2D eigenvalue weighted by atomic mass is 10.1. The zero-order chi connectivity index (χ0) is 25.6. The number of aryl methyl sites for hydroxylation is 1. The highest BCUT2D eigenvalue weighted by atomic mass is 32.2. The van der Waals surface area contributed by atoms with Gasteiger partial charge in [-0.15, -0.1) is 0 Å². The van der Waals surface area contributed by atoms with Crippen molar-refractivity contribution < 1.29 is 18.0 Å². The predicted molar refractivity (Wildman–Crippen MR) is 138 cm³/mol. The molecule has 1 atom stereocenters. The molecule has 0 aromatic heterocycles. The van der Waals surface area contributed by atoms with Gasteiger partial charge in [0.1, 0.15) is 0 Å². The monoisotopic (exact) mass is 493 g/mol. The maximum Gasteiger partial charge on any atom is 0.261 e. The first-order valence-corrected chi connectivity index (χ1v) is 13.0. The molecule has 8 heteroatoms. The summed E-state index contributed by atoms with van der Waals surface area (Å²) in [6.07, 6.45) is 0.837. The van der Waals surface area contributed by atoms with E-state index in [1.54, 1.807) is 30.3 Å². The van der Waals surface area contributed by atoms with E-state index in [0.29, 0.717) is 16.8 Å². The maximum atomic E-state index is 12.8. The predicted octanol–water partition coefficient (Wildman–Crippen LogP) is 4.56. The summed E-state index contributed by atoms with van der Waals surface area (Å²) in [5.41, 5.74) is 4.01. The van der Waals surface area contributed by atoms with E-state index in [1.807, 2.05) is 39.8 Å². The molecule has 0 fully saturated rings. The molecule has 2 amide bonds. The summed E-state index contributed by atoms with van der Waals surface area (Å²) in [4.78, 5) is 25.0. The quantitative estimate of drug-likeness (QED) is 0.406. The summed E-state index contributed by atoms with van der Waals surface area (Å²) in [7, 11) is -3.79. The van der Waals surface area contributed by atoms with Crippen LogP contribution in [0.3, 0.4) is 0 Å². The Labute approximate surface area is 207 Å². The first-order valence-electron chi connectivity index (χ1n) is 11.5. The molecule has 35 heavy (non-hydrogen) atoms. The topological polar surface area (TPSA) is 104 Å². The van der Waals surface area contributed by atoms with Crippen LogP contribution in [0.4, 0.5) is 5.69 Å². The van der Waals surface area contributed by atoms with Gasteiger partial charge >= 0.3 is 0 Å². The number of sulfonamides is 1. The minimum Gasteiger partial charge on any atom is -0.350 e. The van der Waals surface area contributed by atoms with Gasteiger partial charge in [-0.2, -0.15) is 0 Å². The van der Waals surface area contributed by atoms with Crippen LogP contribution in [0.2, 0.25) is 0 Å². The Morgan fingerprint density at radius 1 is 0.886 bits per heavy atom. The summed E-state index contributed by atoms with van der Waals surface area (Å²) in [6, 6.07) is 18.3. The molecule has 0 bridgehead atoms. The molecular weight excluding hydrogens is 462 g/mol. The second-order valence-corrected chi connectivity index (χ2v) is 10.2. The zero-order valence-electron chi connectivity index (χ0n) is 20.4. The summed E-state index contributed by atoms with van der Waals surface area (Å²) >= 11 is 0. The van der Waals surface area contributed by atoms with Crippen LogP contribution in [0.1, 0.15) is 57.7 Å². The van der Waals surface area contributed by atoms with Crippen molar-refractivity contribution >= 4 is 27.5 Å². The Hall–Kier alpha value is -3.65. The highest BCUT2D eigenvalue weighted by Gasteiger charge is 2.17. The molecule has 0 spiro atoms. The van der Waals surface area contributed by atoms with E-state index in [0.717, 1.165) is 23.1 Å². The molecule has 0 saturated carbocycles. The van der Waals surface area contributed by atoms with Gasteiger partial charge in [-0.05, 0) is 86.3 Å². The van der Waals surface area contributed by atoms with Crippen LogP contribution < -0.4 is 15.4 Å². The Morgan fingerprint density at radius 3 is 2.26 bits per heavy atom. The van der Waals surface area contributed by atoms with E-state index >= 15 is 0 Å². The lowest BCUT2D eigenvalue weighted by Crippen LogP contribution is -2.32. The van der Waals surface area contributed by atoms with Gasteiger partial charge in [0.2, 0.25) is 0 Å². The molecule has 184 valence electrons. The third kappa shape index (κ3) is 6.70. The maximum absolute atomic E-state index is 12.8. The number of rotatable bonds is 9. The second kappa shape index (κ2) is 11.2. The SMILES string of the molecule is CCC(C)NC(=O)c1cccc(CNC(=O)c2ccc(S(=O)(=O)Nc3cccc(C)c3C)cc2)c1. The third-order valence-electron chi connectivity index (χ3n) is 5.91. The van der Waals surface area contributed by atoms with Crippen LogP contribution in [0.25, 0.3) is 0 Å². The smallest absolute Gasteiger partial charge is 0.261 e. The third-order valence-corrected chi connectivity index (χ3v) is 7.29. The minimum absolute atomic E-state index is 0.0648. The van der Waals surface area contributed by atoms with Crippen LogP contribution in [0.15, 0.2) is 71.6 Å². The minimum atomic E-state index is -3.79. The molecule has 0 saturated heterocycles. The van der Waals surface area contributed by atoms with E-state index < -0.39 is 10.0 Å². The fourth-order valence-electron chi connectivity index (χ4n) is 3.37. The van der Waals surface area contributed by atoms with Crippen LogP contribution in [0, 0.1) is 13.8 Å². The van der Waals surface area contributed by atoms with Crippen molar-refractivity contribution in [2.24, 2.45) is 0 Å². The van der Waals surface area contributed by atoms with E-state index in [1.165, 1.54) is 24.3 Å². The first-order chi connectivity index (χ1) is 16.6. The molecule has 1 unspecified atom stereocenters. The van der Waals surface area contributed by atoms with Gasteiger partial charge in [0.15, 0.2) is 0 Å². The number of carbonyl (C=O) groups excluding carboxylic acids is 2. The van der Waals surface area contributed by atoms with Crippen LogP contribution in [-0.4, -0.2) is 26.3 Å². The number of anilines is 1. The Morgan fingerprint density at radius 2 is 1.57 bits per heavy atom. The number of hydrogen-bond acceptors (Lipinski definition) is 4. The summed E-state index contributed by atoms with van der Waals surface area (Å²) in [5, 5.41) is 5.73. The molecule has 0 aliphatic rings. The van der Waals surface area contributed by atoms with Crippen molar-refractivity contribution in [1.82, 2.24) is 10.6 Å². The molecule has 3 rings (SSSR count). The zero-order valence-corrected chi connectivity index (χ0v) is 21.2. The van der Waals surface area contributed by atoms with Gasteiger partial charge in [0, 0.05) is 23.7 Å². The Balaban J connectivity index is 1.64. The van der Waals surface area contributed by atoms with Crippen molar-refractivity contribution in [3.8, 4) is 0 Å². The van der Waals surface area contributed by atoms with Crippen LogP contribution in [0.5, 0.6) is 0 Å². The highest BCUT2D eigenvalue weighted by molar-refractivity contribution is 7.92. The fourth-order valence-corrected chi connectivity index (χ4v) is 4.49. The van der Waals surface area contributed by atoms with Crippen LogP contribution >= 0.6 is 0 Å². The van der Waals surface area contributed by atoms with Crippen molar-refractivity contribution in [3.63, 3.8) is 0 Å². The number of nitrogens with one attached hydrogen (secondary N) is 3. The molecule has 0 radical (unpaired) electrons. The molecule has 3 aromatic rings. The van der Waals surface area contributed by atoms with E-state index in [9.17, 15) is 18.0 Å². The molecule has 0 heterocycles. The number of amides is 2. The molecule has 0 aliphatic heterocycles. The van der Waals surface area contributed by atoms with Crippen LogP contribution in [-0.2, 0) is 16.6 Å². The van der Waals surface area contributed by atoms with Gasteiger partial charge in [-0.1, -0.05) is 31.2 Å². The summed E-state index contributed by atoms with van der Waals surface area (Å²) in [5.74, 6) is -0.496. The lowest BCUT2D eigenvalue weighted by Gasteiger charge is -2.13. The largest absolute Gasteiger partial charge is 0.350 e. The fraction of sp³-hybridized carbons (Fsp3) is 0.259. The summed E-state index contributed by atoms with van der Waals surface area (Å²) < 4.78 is 28.2. The standard InChI is InChI=1S/C27H31N3O4S/c1-5-19(3)29-27(32)23-10-7-9-21(16-23)17-28-26(31)22-12-14-24(15-13-22)35(33,34)30-25-11-6-8-18(2)20(25)4/h6-16,19,30H,5,17H2,1-4H3,(H,28,31)(H,29,32). The van der Waals surface area contributed by atoms with E-state index in [4.69, 9.17) is 0 Å². The van der Waals surface area contributed by atoms with Crippen molar-refractivity contribution in [1.29, 1.82) is 0 Å². The second-order valence-electron chi connectivity index (χ2n) is 8.54. The van der Waals surface area contributed by atoms with Gasteiger partial charge in [0.25, 0.3) is 21.8 Å². The normalized spacial score (nSPS) is 12.0. The molecule has 7 nitrogen and oxygen atoms in total. The van der Waals surface area contributed by atoms with Gasteiger partial charge in [-0.25, -0.2) is 8.42 Å².